The summed E-state index contributed by atoms with van der Waals surface area (Å²) in [5.41, 5.74) is 3.28. The molecule has 5 aliphatic rings. The fourth-order valence-electron chi connectivity index (χ4n) is 11.3. The van der Waals surface area contributed by atoms with Gasteiger partial charge in [-0.05, 0) is 133 Å². The van der Waals surface area contributed by atoms with Gasteiger partial charge in [-0.1, -0.05) is 46.2 Å². The number of aromatic nitrogens is 2. The summed E-state index contributed by atoms with van der Waals surface area (Å²) >= 11 is 6.12. The number of ketones is 1. The highest BCUT2D eigenvalue weighted by atomic mass is 35.5. The Labute approximate surface area is 249 Å². The van der Waals surface area contributed by atoms with Crippen LogP contribution in [0.4, 0.5) is 0 Å². The Balaban J connectivity index is 1.28. The van der Waals surface area contributed by atoms with Crippen molar-refractivity contribution in [1.82, 2.24) is 10.2 Å². The molecule has 1 N–H and O–H groups in total. The number of hydrogen-bond donors (Lipinski definition) is 1. The molecule has 41 heavy (non-hydrogen) atoms. The SMILES string of the molecule is CC(C)C1=C2C3CCC4C(C)(CCC5C(C)C(O)CCC54C)C3CCC2(c2nnc(-c3ccc(Cl)cc3)o2)CC1=O. The number of aliphatic hydroxyl groups is 1. The van der Waals surface area contributed by atoms with Crippen LogP contribution in [0, 0.1) is 46.3 Å². The van der Waals surface area contributed by atoms with Crippen molar-refractivity contribution in [3.63, 3.8) is 0 Å². The van der Waals surface area contributed by atoms with Gasteiger partial charge >= 0.3 is 0 Å². The maximum atomic E-state index is 13.8. The summed E-state index contributed by atoms with van der Waals surface area (Å²) in [6.45, 7) is 11.8. The average molecular weight is 577 g/mol. The number of hydrogen-bond acceptors (Lipinski definition) is 5. The second-order valence-corrected chi connectivity index (χ2v) is 15.5. The van der Waals surface area contributed by atoms with Gasteiger partial charge in [0.25, 0.3) is 0 Å². The van der Waals surface area contributed by atoms with E-state index in [1.807, 2.05) is 24.3 Å². The first kappa shape index (κ1) is 27.8. The number of Topliss-reactive ketones (excluding diaryl/α,β-unsaturated/α-hetero) is 1. The van der Waals surface area contributed by atoms with Crippen molar-refractivity contribution in [2.45, 2.75) is 104 Å². The number of aliphatic hydroxyl groups excluding tert-OH is 1. The zero-order chi connectivity index (χ0) is 28.9. The highest BCUT2D eigenvalue weighted by Gasteiger charge is 2.65. The number of rotatable bonds is 3. The largest absolute Gasteiger partial charge is 0.420 e. The second-order valence-electron chi connectivity index (χ2n) is 15.1. The van der Waals surface area contributed by atoms with Crippen molar-refractivity contribution >= 4 is 17.4 Å². The van der Waals surface area contributed by atoms with E-state index in [1.54, 1.807) is 0 Å². The average Bonchev–Trinajstić information content (AvgIpc) is 3.55. The van der Waals surface area contributed by atoms with E-state index in [4.69, 9.17) is 16.0 Å². The van der Waals surface area contributed by atoms with E-state index in [-0.39, 0.29) is 28.6 Å². The molecule has 1 aromatic heterocycles. The monoisotopic (exact) mass is 576 g/mol. The Hall–Kier alpha value is -1.98. The zero-order valence-electron chi connectivity index (χ0n) is 25.3. The number of allylic oxidation sites excluding steroid dienone is 2. The van der Waals surface area contributed by atoms with Crippen LogP contribution in [0.15, 0.2) is 39.8 Å². The van der Waals surface area contributed by atoms with Crippen LogP contribution in [0.1, 0.15) is 98.3 Å². The van der Waals surface area contributed by atoms with Crippen LogP contribution in [-0.2, 0) is 10.2 Å². The first-order valence-corrected chi connectivity index (χ1v) is 16.4. The molecular weight excluding hydrogens is 532 g/mol. The Morgan fingerprint density at radius 1 is 0.951 bits per heavy atom. The first-order chi connectivity index (χ1) is 19.5. The Bertz CT molecular complexity index is 1400. The third-order valence-corrected chi connectivity index (χ3v) is 13.3. The van der Waals surface area contributed by atoms with E-state index < -0.39 is 5.41 Å². The molecule has 6 heteroatoms. The summed E-state index contributed by atoms with van der Waals surface area (Å²) in [4.78, 5) is 13.8. The number of carbonyl (C=O) groups excluding carboxylic acids is 1. The lowest BCUT2D eigenvalue weighted by atomic mass is 9.38. The molecule has 0 spiro atoms. The summed E-state index contributed by atoms with van der Waals surface area (Å²) in [6, 6.07) is 7.50. The molecule has 5 nitrogen and oxygen atoms in total. The lowest BCUT2D eigenvalue weighted by molar-refractivity contribution is -0.177. The number of benzene rings is 1. The minimum atomic E-state index is -0.483. The van der Waals surface area contributed by atoms with Crippen molar-refractivity contribution in [3.05, 3.63) is 46.3 Å². The quantitative estimate of drug-likeness (QED) is 0.398. The fourth-order valence-corrected chi connectivity index (χ4v) is 11.4. The van der Waals surface area contributed by atoms with Crippen LogP contribution in [0.2, 0.25) is 5.02 Å². The maximum Gasteiger partial charge on any atom is 0.247 e. The minimum Gasteiger partial charge on any atom is -0.420 e. The van der Waals surface area contributed by atoms with Gasteiger partial charge in [0, 0.05) is 17.0 Å². The number of nitrogens with zero attached hydrogens (tertiary/aromatic N) is 2. The van der Waals surface area contributed by atoms with Gasteiger partial charge in [0.15, 0.2) is 5.78 Å². The third-order valence-electron chi connectivity index (χ3n) is 13.1. The van der Waals surface area contributed by atoms with Crippen LogP contribution in [-0.4, -0.2) is 27.2 Å². The van der Waals surface area contributed by atoms with E-state index in [0.717, 1.165) is 43.2 Å². The standard InChI is InChI=1S/C35H45ClN2O3/c1-19(2)29-27(40)18-35(32-38-37-31(41-32)21-6-8-22(36)9-7-21)17-13-25-23(30(29)35)10-11-28-33(4)16-14-26(39)20(3)24(33)12-15-34(25,28)5/h6-9,19-20,23-26,28,39H,10-18H2,1-5H3. The molecule has 1 aromatic carbocycles. The fraction of sp³-hybridized carbons (Fsp3) is 0.686. The molecule has 9 atom stereocenters. The van der Waals surface area contributed by atoms with Gasteiger partial charge in [-0.25, -0.2) is 0 Å². The highest BCUT2D eigenvalue weighted by Crippen LogP contribution is 2.71. The Morgan fingerprint density at radius 2 is 1.63 bits per heavy atom. The van der Waals surface area contributed by atoms with Crippen molar-refractivity contribution < 1.29 is 14.3 Å². The van der Waals surface area contributed by atoms with E-state index in [9.17, 15) is 9.90 Å². The smallest absolute Gasteiger partial charge is 0.247 e. The van der Waals surface area contributed by atoms with E-state index in [0.29, 0.717) is 52.8 Å². The Kier molecular flexibility index (Phi) is 6.46. The molecule has 220 valence electrons. The molecule has 0 radical (unpaired) electrons. The lowest BCUT2D eigenvalue weighted by Crippen LogP contribution is -2.60. The molecule has 9 unspecified atom stereocenters. The summed E-state index contributed by atoms with van der Waals surface area (Å²) in [5, 5.41) is 20.6. The predicted octanol–water partition coefficient (Wildman–Crippen LogP) is 8.20. The van der Waals surface area contributed by atoms with Crippen LogP contribution in [0.5, 0.6) is 0 Å². The van der Waals surface area contributed by atoms with E-state index in [1.165, 1.54) is 24.8 Å². The van der Waals surface area contributed by atoms with Gasteiger partial charge in [-0.2, -0.15) is 0 Å². The summed E-state index contributed by atoms with van der Waals surface area (Å²) in [5.74, 6) is 4.16. The molecule has 0 bridgehead atoms. The molecule has 5 aliphatic carbocycles. The normalized spacial score (nSPS) is 42.1. The molecule has 1 heterocycles. The molecule has 4 fully saturated rings. The molecule has 4 saturated carbocycles. The first-order valence-electron chi connectivity index (χ1n) is 16.1. The Morgan fingerprint density at radius 3 is 2.37 bits per heavy atom. The zero-order valence-corrected chi connectivity index (χ0v) is 26.0. The predicted molar refractivity (Wildman–Crippen MR) is 160 cm³/mol. The van der Waals surface area contributed by atoms with Crippen LogP contribution in [0.3, 0.4) is 0 Å². The number of fused-ring (bicyclic) bond motifs is 7. The maximum absolute atomic E-state index is 13.8. The van der Waals surface area contributed by atoms with Crippen molar-refractivity contribution in [2.24, 2.45) is 46.3 Å². The van der Waals surface area contributed by atoms with Crippen LogP contribution in [0.25, 0.3) is 11.5 Å². The molecule has 7 rings (SSSR count). The van der Waals surface area contributed by atoms with Crippen molar-refractivity contribution in [2.75, 3.05) is 0 Å². The molecule has 2 aromatic rings. The number of carbonyl (C=O) groups is 1. The van der Waals surface area contributed by atoms with Crippen molar-refractivity contribution in [3.8, 4) is 11.5 Å². The summed E-state index contributed by atoms with van der Waals surface area (Å²) in [7, 11) is 0. The third kappa shape index (κ3) is 3.86. The van der Waals surface area contributed by atoms with Gasteiger partial charge in [0.1, 0.15) is 0 Å². The highest BCUT2D eigenvalue weighted by molar-refractivity contribution is 6.30. The number of halogens is 1. The van der Waals surface area contributed by atoms with E-state index in [2.05, 4.69) is 44.8 Å². The minimum absolute atomic E-state index is 0.153. The lowest BCUT2D eigenvalue weighted by Gasteiger charge is -2.67. The molecular formula is C35H45ClN2O3. The molecule has 0 aliphatic heterocycles. The van der Waals surface area contributed by atoms with Crippen LogP contribution < -0.4 is 0 Å². The summed E-state index contributed by atoms with van der Waals surface area (Å²) < 4.78 is 6.47. The van der Waals surface area contributed by atoms with Gasteiger partial charge in [-0.15, -0.1) is 10.2 Å². The van der Waals surface area contributed by atoms with E-state index >= 15 is 0 Å². The topological polar surface area (TPSA) is 76.2 Å². The van der Waals surface area contributed by atoms with Crippen LogP contribution >= 0.6 is 11.6 Å². The van der Waals surface area contributed by atoms with Gasteiger partial charge in [0.2, 0.25) is 11.8 Å². The van der Waals surface area contributed by atoms with Gasteiger partial charge in [-0.3, -0.25) is 4.79 Å². The molecule has 0 saturated heterocycles. The molecule has 0 amide bonds. The van der Waals surface area contributed by atoms with Gasteiger partial charge < -0.3 is 9.52 Å². The summed E-state index contributed by atoms with van der Waals surface area (Å²) in [6.07, 6.45) is 9.12. The van der Waals surface area contributed by atoms with Gasteiger partial charge in [0.05, 0.1) is 11.5 Å². The van der Waals surface area contributed by atoms with Crippen molar-refractivity contribution in [1.29, 1.82) is 0 Å². The second kappa shape index (κ2) is 9.51.